The molecule has 14 heavy (non-hydrogen) atoms. The minimum Gasteiger partial charge on any atom is -0.448 e. The Kier molecular flexibility index (Phi) is 3.92. The van der Waals surface area contributed by atoms with Gasteiger partial charge in [0, 0.05) is 0 Å². The molecule has 4 nitrogen and oxygen atoms in total. The van der Waals surface area contributed by atoms with Crippen LogP contribution < -0.4 is 0 Å². The monoisotopic (exact) mass is 200 g/mol. The van der Waals surface area contributed by atoms with E-state index in [1.807, 2.05) is 13.8 Å². The summed E-state index contributed by atoms with van der Waals surface area (Å²) in [5.74, 6) is -0.796. The van der Waals surface area contributed by atoms with Gasteiger partial charge in [-0.3, -0.25) is 0 Å². The van der Waals surface area contributed by atoms with Crippen LogP contribution in [0, 0.1) is 0 Å². The standard InChI is InChI=1S/C10H16O4/c1-3-5-7-9(11)14-8(6-4-2)10(12)13-7/h7-8H,3-6H2,1-2H3/t7-,8?/m0/s1. The zero-order chi connectivity index (χ0) is 10.6. The maximum atomic E-state index is 11.3. The highest BCUT2D eigenvalue weighted by atomic mass is 16.6. The second-order valence-corrected chi connectivity index (χ2v) is 3.43. The van der Waals surface area contributed by atoms with Crippen LogP contribution >= 0.6 is 0 Å². The summed E-state index contributed by atoms with van der Waals surface area (Å²) in [5.41, 5.74) is 0. The Labute approximate surface area is 83.6 Å². The van der Waals surface area contributed by atoms with Crippen molar-refractivity contribution >= 4 is 11.9 Å². The van der Waals surface area contributed by atoms with Crippen molar-refractivity contribution in [3.8, 4) is 0 Å². The van der Waals surface area contributed by atoms with Crippen molar-refractivity contribution in [1.82, 2.24) is 0 Å². The lowest BCUT2D eigenvalue weighted by Gasteiger charge is -2.26. The molecule has 4 heteroatoms. The lowest BCUT2D eigenvalue weighted by Crippen LogP contribution is -2.43. The van der Waals surface area contributed by atoms with Crippen LogP contribution in [0.5, 0.6) is 0 Å². The molecular formula is C10H16O4. The number of carbonyl (C=O) groups is 2. The fraction of sp³-hybridized carbons (Fsp3) is 0.800. The predicted molar refractivity (Wildman–Crippen MR) is 49.6 cm³/mol. The maximum absolute atomic E-state index is 11.3. The summed E-state index contributed by atoms with van der Waals surface area (Å²) < 4.78 is 9.98. The molecule has 1 saturated heterocycles. The number of rotatable bonds is 4. The predicted octanol–water partition coefficient (Wildman–Crippen LogP) is 1.42. The molecule has 0 aromatic carbocycles. The van der Waals surface area contributed by atoms with Crippen LogP contribution in [-0.4, -0.2) is 24.1 Å². The van der Waals surface area contributed by atoms with Crippen LogP contribution in [0.2, 0.25) is 0 Å². The summed E-state index contributed by atoms with van der Waals surface area (Å²) in [5, 5.41) is 0. The van der Waals surface area contributed by atoms with Gasteiger partial charge < -0.3 is 9.47 Å². The first-order chi connectivity index (χ1) is 6.69. The van der Waals surface area contributed by atoms with E-state index in [1.54, 1.807) is 0 Å². The largest absolute Gasteiger partial charge is 0.448 e. The lowest BCUT2D eigenvalue weighted by atomic mass is 10.1. The van der Waals surface area contributed by atoms with E-state index in [4.69, 9.17) is 9.47 Å². The average molecular weight is 200 g/mol. The SMILES string of the molecule is CCCC1OC(=O)[C@H](CCC)OC1=O. The van der Waals surface area contributed by atoms with Gasteiger partial charge in [0.05, 0.1) is 0 Å². The molecule has 1 aliphatic heterocycles. The van der Waals surface area contributed by atoms with E-state index in [0.717, 1.165) is 12.8 Å². The van der Waals surface area contributed by atoms with Gasteiger partial charge in [-0.25, -0.2) is 9.59 Å². The fourth-order valence-corrected chi connectivity index (χ4v) is 1.41. The molecule has 1 rings (SSSR count). The molecule has 0 saturated carbocycles. The third-order valence-electron chi connectivity index (χ3n) is 2.14. The first kappa shape index (κ1) is 11.0. The van der Waals surface area contributed by atoms with E-state index in [1.165, 1.54) is 0 Å². The van der Waals surface area contributed by atoms with E-state index in [9.17, 15) is 9.59 Å². The van der Waals surface area contributed by atoms with Crippen LogP contribution in [0.3, 0.4) is 0 Å². The molecule has 1 heterocycles. The highest BCUT2D eigenvalue weighted by Crippen LogP contribution is 2.17. The summed E-state index contributed by atoms with van der Waals surface area (Å²) in [6, 6.07) is 0. The number of esters is 2. The summed E-state index contributed by atoms with van der Waals surface area (Å²) in [7, 11) is 0. The van der Waals surface area contributed by atoms with Gasteiger partial charge in [0.2, 0.25) is 0 Å². The first-order valence-corrected chi connectivity index (χ1v) is 5.10. The van der Waals surface area contributed by atoms with Crippen LogP contribution in [0.15, 0.2) is 0 Å². The van der Waals surface area contributed by atoms with E-state index >= 15 is 0 Å². The molecule has 0 aromatic heterocycles. The maximum Gasteiger partial charge on any atom is 0.348 e. The Morgan fingerprint density at radius 2 is 1.29 bits per heavy atom. The first-order valence-electron chi connectivity index (χ1n) is 5.10. The van der Waals surface area contributed by atoms with E-state index in [0.29, 0.717) is 12.8 Å². The lowest BCUT2D eigenvalue weighted by molar-refractivity contribution is -0.195. The van der Waals surface area contributed by atoms with Gasteiger partial charge in [-0.15, -0.1) is 0 Å². The van der Waals surface area contributed by atoms with Crippen molar-refractivity contribution in [2.45, 2.75) is 51.7 Å². The number of ether oxygens (including phenoxy) is 2. The average Bonchev–Trinajstić information content (AvgIpc) is 2.14. The summed E-state index contributed by atoms with van der Waals surface area (Å²) in [6.45, 7) is 3.86. The molecule has 0 N–H and O–H groups in total. The third-order valence-corrected chi connectivity index (χ3v) is 2.14. The molecule has 80 valence electrons. The molecule has 2 atom stereocenters. The van der Waals surface area contributed by atoms with Gasteiger partial charge >= 0.3 is 11.9 Å². The van der Waals surface area contributed by atoms with Crippen molar-refractivity contribution < 1.29 is 19.1 Å². The Morgan fingerprint density at radius 3 is 1.57 bits per heavy atom. The van der Waals surface area contributed by atoms with E-state index in [2.05, 4.69) is 0 Å². The van der Waals surface area contributed by atoms with Gasteiger partial charge in [0.15, 0.2) is 12.2 Å². The molecular weight excluding hydrogens is 184 g/mol. The highest BCUT2D eigenvalue weighted by molar-refractivity contribution is 5.87. The minimum atomic E-state index is -0.680. The van der Waals surface area contributed by atoms with Crippen molar-refractivity contribution in [3.63, 3.8) is 0 Å². The van der Waals surface area contributed by atoms with E-state index < -0.39 is 24.1 Å². The Balaban J connectivity index is 2.53. The normalized spacial score (nSPS) is 27.0. The molecule has 1 unspecified atom stereocenters. The number of cyclic esters (lactones) is 2. The molecule has 0 aromatic rings. The number of hydrogen-bond donors (Lipinski definition) is 0. The third kappa shape index (κ3) is 2.47. The van der Waals surface area contributed by atoms with E-state index in [-0.39, 0.29) is 0 Å². The van der Waals surface area contributed by atoms with Gasteiger partial charge in [-0.1, -0.05) is 26.7 Å². The Hall–Kier alpha value is -1.06. The second kappa shape index (κ2) is 4.98. The van der Waals surface area contributed by atoms with Gasteiger partial charge in [0.1, 0.15) is 0 Å². The topological polar surface area (TPSA) is 52.6 Å². The number of hydrogen-bond acceptors (Lipinski definition) is 4. The van der Waals surface area contributed by atoms with Crippen LogP contribution in [0.1, 0.15) is 39.5 Å². The quantitative estimate of drug-likeness (QED) is 0.644. The Morgan fingerprint density at radius 1 is 0.929 bits per heavy atom. The van der Waals surface area contributed by atoms with Crippen molar-refractivity contribution in [2.24, 2.45) is 0 Å². The van der Waals surface area contributed by atoms with Crippen molar-refractivity contribution in [1.29, 1.82) is 0 Å². The smallest absolute Gasteiger partial charge is 0.348 e. The van der Waals surface area contributed by atoms with Crippen LogP contribution in [-0.2, 0) is 19.1 Å². The molecule has 1 fully saturated rings. The molecule has 1 aliphatic rings. The zero-order valence-electron chi connectivity index (χ0n) is 8.62. The molecule has 0 aliphatic carbocycles. The van der Waals surface area contributed by atoms with Crippen LogP contribution in [0.4, 0.5) is 0 Å². The van der Waals surface area contributed by atoms with Crippen molar-refractivity contribution in [3.05, 3.63) is 0 Å². The van der Waals surface area contributed by atoms with Crippen LogP contribution in [0.25, 0.3) is 0 Å². The zero-order valence-corrected chi connectivity index (χ0v) is 8.62. The molecule has 0 amide bonds. The Bertz CT molecular complexity index is 200. The fourth-order valence-electron chi connectivity index (χ4n) is 1.41. The summed E-state index contributed by atoms with van der Waals surface area (Å²) >= 11 is 0. The minimum absolute atomic E-state index is 0.398. The second-order valence-electron chi connectivity index (χ2n) is 3.43. The van der Waals surface area contributed by atoms with Crippen molar-refractivity contribution in [2.75, 3.05) is 0 Å². The van der Waals surface area contributed by atoms with Gasteiger partial charge in [-0.2, -0.15) is 0 Å². The summed E-state index contributed by atoms with van der Waals surface area (Å²) in [6.07, 6.45) is 1.32. The molecule has 0 bridgehead atoms. The van der Waals surface area contributed by atoms with Gasteiger partial charge in [0.25, 0.3) is 0 Å². The summed E-state index contributed by atoms with van der Waals surface area (Å²) in [4.78, 5) is 22.6. The number of carbonyl (C=O) groups excluding carboxylic acids is 2. The molecule has 0 radical (unpaired) electrons. The molecule has 0 spiro atoms. The highest BCUT2D eigenvalue weighted by Gasteiger charge is 2.36. The van der Waals surface area contributed by atoms with Gasteiger partial charge in [-0.05, 0) is 12.8 Å².